The third kappa shape index (κ3) is 2.93. The van der Waals surface area contributed by atoms with Crippen LogP contribution in [0.25, 0.3) is 0 Å². The topological polar surface area (TPSA) is 55.4 Å². The van der Waals surface area contributed by atoms with Crippen molar-refractivity contribution in [3.05, 3.63) is 28.8 Å². The second-order valence-electron chi connectivity index (χ2n) is 4.08. The Kier molecular flexibility index (Phi) is 3.34. The molecule has 0 aromatic heterocycles. The molecule has 0 spiro atoms. The SMILES string of the molecule is O=C1Nc2cc(C(F)(F)F)cc(C(F)(F)F)c2COC1=O. The second-order valence-corrected chi connectivity index (χ2v) is 4.08. The first kappa shape index (κ1) is 15.1. The summed E-state index contributed by atoms with van der Waals surface area (Å²) in [6.07, 6.45) is -10.1. The molecule has 4 nitrogen and oxygen atoms in total. The van der Waals surface area contributed by atoms with Gasteiger partial charge in [-0.05, 0) is 12.1 Å². The van der Waals surface area contributed by atoms with E-state index in [-0.39, 0.29) is 6.07 Å². The zero-order valence-electron chi connectivity index (χ0n) is 9.85. The fourth-order valence-electron chi connectivity index (χ4n) is 1.73. The molecule has 1 aromatic rings. The molecule has 0 fully saturated rings. The number of anilines is 1. The molecule has 1 amide bonds. The average Bonchev–Trinajstić information content (AvgIpc) is 2.46. The number of fused-ring (bicyclic) bond motifs is 1. The van der Waals surface area contributed by atoms with Crippen LogP contribution in [-0.4, -0.2) is 11.9 Å². The van der Waals surface area contributed by atoms with Crippen LogP contribution >= 0.6 is 0 Å². The van der Waals surface area contributed by atoms with Gasteiger partial charge in [-0.3, -0.25) is 4.79 Å². The van der Waals surface area contributed by atoms with Crippen molar-refractivity contribution in [3.63, 3.8) is 0 Å². The first-order valence-corrected chi connectivity index (χ1v) is 5.29. The number of hydrogen-bond donors (Lipinski definition) is 1. The van der Waals surface area contributed by atoms with Gasteiger partial charge in [0.1, 0.15) is 6.61 Å². The number of carbonyl (C=O) groups is 2. The maximum atomic E-state index is 12.9. The molecule has 0 radical (unpaired) electrons. The van der Waals surface area contributed by atoms with Crippen molar-refractivity contribution < 1.29 is 40.7 Å². The highest BCUT2D eigenvalue weighted by Crippen LogP contribution is 2.41. The van der Waals surface area contributed by atoms with Crippen molar-refractivity contribution in [1.29, 1.82) is 0 Å². The lowest BCUT2D eigenvalue weighted by molar-refractivity contribution is -0.154. The van der Waals surface area contributed by atoms with Gasteiger partial charge in [-0.15, -0.1) is 0 Å². The van der Waals surface area contributed by atoms with Gasteiger partial charge in [0.15, 0.2) is 0 Å². The van der Waals surface area contributed by atoms with E-state index >= 15 is 0 Å². The van der Waals surface area contributed by atoms with E-state index in [9.17, 15) is 35.9 Å². The minimum absolute atomic E-state index is 0.0931. The van der Waals surface area contributed by atoms with Crippen LogP contribution < -0.4 is 5.32 Å². The van der Waals surface area contributed by atoms with E-state index in [1.165, 1.54) is 0 Å². The quantitative estimate of drug-likeness (QED) is 0.455. The van der Waals surface area contributed by atoms with Gasteiger partial charge in [0, 0.05) is 11.3 Å². The monoisotopic (exact) mass is 313 g/mol. The maximum Gasteiger partial charge on any atom is 0.416 e. The van der Waals surface area contributed by atoms with E-state index in [0.29, 0.717) is 6.07 Å². The van der Waals surface area contributed by atoms with Gasteiger partial charge in [0.05, 0.1) is 11.1 Å². The van der Waals surface area contributed by atoms with Gasteiger partial charge < -0.3 is 10.1 Å². The maximum absolute atomic E-state index is 12.9. The third-order valence-electron chi connectivity index (χ3n) is 2.66. The number of alkyl halides is 6. The summed E-state index contributed by atoms with van der Waals surface area (Å²) in [5.41, 5.74) is -4.71. The van der Waals surface area contributed by atoms with Crippen LogP contribution in [0.2, 0.25) is 0 Å². The van der Waals surface area contributed by atoms with Crippen molar-refractivity contribution in [2.75, 3.05) is 5.32 Å². The van der Waals surface area contributed by atoms with E-state index in [1.54, 1.807) is 5.32 Å². The Morgan fingerprint density at radius 3 is 2.14 bits per heavy atom. The Morgan fingerprint density at radius 1 is 1.00 bits per heavy atom. The molecule has 0 saturated heterocycles. The number of carbonyl (C=O) groups excluding carboxylic acids is 2. The molecule has 0 bridgehead atoms. The van der Waals surface area contributed by atoms with Gasteiger partial charge >= 0.3 is 24.2 Å². The van der Waals surface area contributed by atoms with E-state index in [2.05, 4.69) is 4.74 Å². The van der Waals surface area contributed by atoms with Gasteiger partial charge in [-0.1, -0.05) is 0 Å². The molecule has 21 heavy (non-hydrogen) atoms. The minimum atomic E-state index is -5.10. The van der Waals surface area contributed by atoms with Crippen LogP contribution in [0.15, 0.2) is 12.1 Å². The van der Waals surface area contributed by atoms with Crippen LogP contribution in [-0.2, 0) is 33.3 Å². The number of cyclic esters (lactones) is 1. The summed E-state index contributed by atoms with van der Waals surface area (Å²) < 4.78 is 80.7. The number of ether oxygens (including phenoxy) is 1. The van der Waals surface area contributed by atoms with Crippen molar-refractivity contribution in [2.24, 2.45) is 0 Å². The molecule has 1 aromatic carbocycles. The van der Waals surface area contributed by atoms with Crippen LogP contribution in [0.3, 0.4) is 0 Å². The summed E-state index contributed by atoms with van der Waals surface area (Å²) >= 11 is 0. The van der Waals surface area contributed by atoms with Crippen molar-refractivity contribution in [3.8, 4) is 0 Å². The van der Waals surface area contributed by atoms with Gasteiger partial charge in [-0.2, -0.15) is 26.3 Å². The Hall–Kier alpha value is -2.26. The molecular formula is C11H5F6NO3. The van der Waals surface area contributed by atoms with Crippen LogP contribution in [0.4, 0.5) is 32.0 Å². The summed E-state index contributed by atoms with van der Waals surface area (Å²) in [7, 11) is 0. The highest BCUT2D eigenvalue weighted by molar-refractivity contribution is 6.37. The van der Waals surface area contributed by atoms with E-state index in [1.807, 2.05) is 0 Å². The molecular weight excluding hydrogens is 308 g/mol. The molecule has 0 aliphatic carbocycles. The lowest BCUT2D eigenvalue weighted by Gasteiger charge is -2.17. The molecule has 1 aliphatic heterocycles. The van der Waals surface area contributed by atoms with Crippen LogP contribution in [0.5, 0.6) is 0 Å². The van der Waals surface area contributed by atoms with E-state index in [0.717, 1.165) is 0 Å². The van der Waals surface area contributed by atoms with Crippen LogP contribution in [0.1, 0.15) is 16.7 Å². The minimum Gasteiger partial charge on any atom is -0.454 e. The number of rotatable bonds is 0. The molecule has 114 valence electrons. The molecule has 1 heterocycles. The Balaban J connectivity index is 2.69. The number of esters is 1. The fourth-order valence-corrected chi connectivity index (χ4v) is 1.73. The number of halogens is 6. The zero-order valence-corrected chi connectivity index (χ0v) is 9.85. The molecule has 0 unspecified atom stereocenters. The molecule has 0 atom stereocenters. The average molecular weight is 313 g/mol. The number of benzene rings is 1. The lowest BCUT2D eigenvalue weighted by atomic mass is 10.0. The van der Waals surface area contributed by atoms with E-state index in [4.69, 9.17) is 0 Å². The Labute approximate surface area is 112 Å². The zero-order chi connectivity index (χ0) is 16.0. The van der Waals surface area contributed by atoms with Gasteiger partial charge in [0.25, 0.3) is 0 Å². The molecule has 1 aliphatic rings. The second kappa shape index (κ2) is 4.64. The van der Waals surface area contributed by atoms with Crippen molar-refractivity contribution in [2.45, 2.75) is 19.0 Å². The standard InChI is InChI=1S/C11H5F6NO3/c12-10(13,14)4-1-6(11(15,16)17)5-3-21-9(20)8(19)18-7(5)2-4/h1-2H,3H2,(H,18,19). The fraction of sp³-hybridized carbons (Fsp3) is 0.273. The van der Waals surface area contributed by atoms with Gasteiger partial charge in [-0.25, -0.2) is 4.79 Å². The van der Waals surface area contributed by atoms with Crippen molar-refractivity contribution >= 4 is 17.6 Å². The highest BCUT2D eigenvalue weighted by atomic mass is 19.4. The van der Waals surface area contributed by atoms with Crippen molar-refractivity contribution in [1.82, 2.24) is 0 Å². The smallest absolute Gasteiger partial charge is 0.416 e. The summed E-state index contributed by atoms with van der Waals surface area (Å²) in [6, 6.07) is 0.231. The summed E-state index contributed by atoms with van der Waals surface area (Å²) in [5.74, 6) is -2.92. The number of amides is 1. The predicted octanol–water partition coefficient (Wildman–Crippen LogP) is 2.72. The largest absolute Gasteiger partial charge is 0.454 e. The van der Waals surface area contributed by atoms with Gasteiger partial charge in [0.2, 0.25) is 0 Å². The molecule has 2 rings (SSSR count). The number of hydrogen-bond acceptors (Lipinski definition) is 3. The van der Waals surface area contributed by atoms with Crippen LogP contribution in [0, 0.1) is 0 Å². The Morgan fingerprint density at radius 2 is 1.62 bits per heavy atom. The first-order valence-electron chi connectivity index (χ1n) is 5.29. The summed E-state index contributed by atoms with van der Waals surface area (Å²) in [6.45, 7) is -0.958. The summed E-state index contributed by atoms with van der Waals surface area (Å²) in [5, 5.41) is 1.68. The molecule has 10 heteroatoms. The highest BCUT2D eigenvalue weighted by Gasteiger charge is 2.41. The molecule has 1 N–H and O–H groups in total. The lowest BCUT2D eigenvalue weighted by Crippen LogP contribution is -2.22. The number of nitrogens with one attached hydrogen (secondary N) is 1. The van der Waals surface area contributed by atoms with E-state index < -0.39 is 53.2 Å². The Bertz CT molecular complexity index is 620. The normalized spacial score (nSPS) is 15.9. The summed E-state index contributed by atoms with van der Waals surface area (Å²) in [4.78, 5) is 22.1. The predicted molar refractivity (Wildman–Crippen MR) is 54.9 cm³/mol. The third-order valence-corrected chi connectivity index (χ3v) is 2.66. The first-order chi connectivity index (χ1) is 9.50. The molecule has 0 saturated carbocycles.